The maximum absolute atomic E-state index is 12.0. The number of nitrogens with one attached hydrogen (secondary N) is 1. The fourth-order valence-electron chi connectivity index (χ4n) is 2.48. The Morgan fingerprint density at radius 1 is 1.14 bits per heavy atom. The maximum Gasteiger partial charge on any atom is 0.228 e. The number of hydrogen-bond donors (Lipinski definition) is 1. The first-order valence-electron chi connectivity index (χ1n) is 6.82. The monoisotopic (exact) mass is 301 g/mol. The molecule has 0 bridgehead atoms. The van der Waals surface area contributed by atoms with Gasteiger partial charge in [-0.15, -0.1) is 0 Å². The molecular formula is C17H16ClNO2. The number of fused-ring (bicyclic) bond motifs is 1. The lowest BCUT2D eigenvalue weighted by Gasteiger charge is -2.24. The summed E-state index contributed by atoms with van der Waals surface area (Å²) in [5.74, 6) is 0.465. The van der Waals surface area contributed by atoms with Crippen molar-refractivity contribution in [3.8, 4) is 16.9 Å². The topological polar surface area (TPSA) is 38.3 Å². The molecule has 0 saturated heterocycles. The molecule has 21 heavy (non-hydrogen) atoms. The van der Waals surface area contributed by atoms with Gasteiger partial charge < -0.3 is 10.1 Å². The zero-order valence-corrected chi connectivity index (χ0v) is 12.7. The number of amides is 1. The maximum atomic E-state index is 12.0. The number of carbonyl (C=O) groups is 1. The van der Waals surface area contributed by atoms with Crippen LogP contribution in [0.5, 0.6) is 5.75 Å². The predicted molar refractivity (Wildman–Crippen MR) is 84.8 cm³/mol. The third-order valence-corrected chi connectivity index (χ3v) is 3.67. The van der Waals surface area contributed by atoms with Crippen LogP contribution < -0.4 is 10.1 Å². The van der Waals surface area contributed by atoms with Gasteiger partial charge in [-0.05, 0) is 37.1 Å². The summed E-state index contributed by atoms with van der Waals surface area (Å²) in [5.41, 5.74) is 2.03. The van der Waals surface area contributed by atoms with Gasteiger partial charge in [0.25, 0.3) is 0 Å². The summed E-state index contributed by atoms with van der Waals surface area (Å²) in [4.78, 5) is 12.0. The zero-order chi connectivity index (χ0) is 15.0. The minimum absolute atomic E-state index is 0.0694. The highest BCUT2D eigenvalue weighted by atomic mass is 35.5. The molecule has 108 valence electrons. The number of benzene rings is 2. The van der Waals surface area contributed by atoms with Crippen molar-refractivity contribution in [2.75, 3.05) is 5.32 Å². The second-order valence-corrected chi connectivity index (χ2v) is 6.19. The van der Waals surface area contributed by atoms with E-state index in [1.165, 1.54) is 0 Å². The third kappa shape index (κ3) is 2.88. The van der Waals surface area contributed by atoms with Gasteiger partial charge in [0.05, 0.1) is 17.1 Å². The fraction of sp³-hybridized carbons (Fsp3) is 0.235. The highest BCUT2D eigenvalue weighted by Gasteiger charge is 2.30. The molecule has 2 aromatic rings. The highest BCUT2D eigenvalue weighted by molar-refractivity contribution is 6.33. The lowest BCUT2D eigenvalue weighted by atomic mass is 10.0. The van der Waals surface area contributed by atoms with E-state index in [9.17, 15) is 4.79 Å². The summed E-state index contributed by atoms with van der Waals surface area (Å²) in [6.07, 6.45) is 0.290. The molecule has 1 heterocycles. The highest BCUT2D eigenvalue weighted by Crippen LogP contribution is 2.41. The fourth-order valence-corrected chi connectivity index (χ4v) is 2.74. The Morgan fingerprint density at radius 2 is 1.86 bits per heavy atom. The Balaban J connectivity index is 2.11. The molecule has 1 aliphatic heterocycles. The van der Waals surface area contributed by atoms with Crippen molar-refractivity contribution >= 4 is 23.2 Å². The molecule has 0 atom stereocenters. The lowest BCUT2D eigenvalue weighted by Crippen LogP contribution is -2.30. The number of halogens is 1. The van der Waals surface area contributed by atoms with Crippen LogP contribution in [0.4, 0.5) is 5.69 Å². The van der Waals surface area contributed by atoms with Crippen LogP contribution in [0.25, 0.3) is 11.1 Å². The van der Waals surface area contributed by atoms with E-state index in [1.54, 1.807) is 0 Å². The van der Waals surface area contributed by atoms with Crippen LogP contribution in [0.15, 0.2) is 42.5 Å². The molecular weight excluding hydrogens is 286 g/mol. The zero-order valence-electron chi connectivity index (χ0n) is 11.9. The minimum Gasteiger partial charge on any atom is -0.484 e. The predicted octanol–water partition coefficient (Wildman–Crippen LogP) is 4.51. The van der Waals surface area contributed by atoms with Gasteiger partial charge in [-0.1, -0.05) is 41.9 Å². The Labute approximate surface area is 128 Å². The van der Waals surface area contributed by atoms with Crippen molar-refractivity contribution in [3.63, 3.8) is 0 Å². The second kappa shape index (κ2) is 5.08. The molecule has 0 spiro atoms. The van der Waals surface area contributed by atoms with Crippen molar-refractivity contribution in [1.29, 1.82) is 0 Å². The molecule has 3 rings (SSSR count). The van der Waals surface area contributed by atoms with E-state index in [2.05, 4.69) is 5.32 Å². The van der Waals surface area contributed by atoms with Crippen LogP contribution in [0.3, 0.4) is 0 Å². The van der Waals surface area contributed by atoms with Gasteiger partial charge >= 0.3 is 0 Å². The summed E-state index contributed by atoms with van der Waals surface area (Å²) in [6, 6.07) is 13.7. The van der Waals surface area contributed by atoms with Crippen molar-refractivity contribution in [2.45, 2.75) is 25.9 Å². The molecule has 4 heteroatoms. The van der Waals surface area contributed by atoms with E-state index in [-0.39, 0.29) is 5.91 Å². The molecule has 0 aliphatic carbocycles. The van der Waals surface area contributed by atoms with Gasteiger partial charge in [0, 0.05) is 0 Å². The van der Waals surface area contributed by atoms with Crippen LogP contribution in [0, 0.1) is 0 Å². The molecule has 1 aliphatic rings. The Kier molecular flexibility index (Phi) is 3.38. The molecule has 1 amide bonds. The number of rotatable bonds is 1. The quantitative estimate of drug-likeness (QED) is 0.842. The Bertz CT molecular complexity index is 695. The average Bonchev–Trinajstić information content (AvgIpc) is 2.54. The molecule has 0 fully saturated rings. The summed E-state index contributed by atoms with van der Waals surface area (Å²) in [7, 11) is 0. The SMILES string of the molecule is CC1(C)CC(=O)Nc2cc(-c3ccccc3)cc(Cl)c2O1. The van der Waals surface area contributed by atoms with Crippen molar-refractivity contribution in [3.05, 3.63) is 47.5 Å². The van der Waals surface area contributed by atoms with Crippen molar-refractivity contribution < 1.29 is 9.53 Å². The van der Waals surface area contributed by atoms with Crippen molar-refractivity contribution in [2.24, 2.45) is 0 Å². The van der Waals surface area contributed by atoms with Crippen LogP contribution in [-0.2, 0) is 4.79 Å². The first-order valence-corrected chi connectivity index (χ1v) is 7.20. The third-order valence-electron chi connectivity index (χ3n) is 3.39. The van der Waals surface area contributed by atoms with Gasteiger partial charge in [-0.25, -0.2) is 0 Å². The first kappa shape index (κ1) is 14.0. The molecule has 2 aromatic carbocycles. The van der Waals surface area contributed by atoms with Crippen LogP contribution in [-0.4, -0.2) is 11.5 Å². The standard InChI is InChI=1S/C17H16ClNO2/c1-17(2)10-15(20)19-14-9-12(8-13(18)16(14)21-17)11-6-4-3-5-7-11/h3-9H,10H2,1-2H3,(H,19,20). The van der Waals surface area contributed by atoms with Crippen LogP contribution in [0.2, 0.25) is 5.02 Å². The molecule has 1 N–H and O–H groups in total. The van der Waals surface area contributed by atoms with E-state index in [0.717, 1.165) is 11.1 Å². The van der Waals surface area contributed by atoms with Gasteiger partial charge in [0.2, 0.25) is 5.91 Å². The average molecular weight is 302 g/mol. The summed E-state index contributed by atoms with van der Waals surface area (Å²) < 4.78 is 5.92. The molecule has 0 unspecified atom stereocenters. The normalized spacial score (nSPS) is 16.4. The van der Waals surface area contributed by atoms with E-state index in [4.69, 9.17) is 16.3 Å². The Hall–Kier alpha value is -2.00. The van der Waals surface area contributed by atoms with Crippen molar-refractivity contribution in [1.82, 2.24) is 0 Å². The summed E-state index contributed by atoms with van der Waals surface area (Å²) >= 11 is 6.37. The van der Waals surface area contributed by atoms with E-state index < -0.39 is 5.60 Å². The molecule has 0 saturated carbocycles. The van der Waals surface area contributed by atoms with E-state index in [1.807, 2.05) is 56.3 Å². The summed E-state index contributed by atoms with van der Waals surface area (Å²) in [5, 5.41) is 3.38. The first-order chi connectivity index (χ1) is 9.94. The minimum atomic E-state index is -0.576. The second-order valence-electron chi connectivity index (χ2n) is 5.79. The molecule has 3 nitrogen and oxygen atoms in total. The van der Waals surface area contributed by atoms with Crippen LogP contribution in [0.1, 0.15) is 20.3 Å². The van der Waals surface area contributed by atoms with Gasteiger partial charge in [0.15, 0.2) is 5.75 Å². The molecule has 0 aromatic heterocycles. The van der Waals surface area contributed by atoms with E-state index >= 15 is 0 Å². The lowest BCUT2D eigenvalue weighted by molar-refractivity contribution is -0.118. The van der Waals surface area contributed by atoms with Crippen LogP contribution >= 0.6 is 11.6 Å². The number of carbonyl (C=O) groups excluding carboxylic acids is 1. The van der Waals surface area contributed by atoms with Gasteiger partial charge in [-0.3, -0.25) is 4.79 Å². The molecule has 0 radical (unpaired) electrons. The smallest absolute Gasteiger partial charge is 0.228 e. The van der Waals surface area contributed by atoms with Gasteiger partial charge in [0.1, 0.15) is 5.60 Å². The summed E-state index contributed by atoms with van der Waals surface area (Å²) in [6.45, 7) is 3.76. The largest absolute Gasteiger partial charge is 0.484 e. The number of anilines is 1. The van der Waals surface area contributed by atoms with Gasteiger partial charge in [-0.2, -0.15) is 0 Å². The Morgan fingerprint density at radius 3 is 2.57 bits per heavy atom. The number of hydrogen-bond acceptors (Lipinski definition) is 2. The number of ether oxygens (including phenoxy) is 1. The van der Waals surface area contributed by atoms with E-state index in [0.29, 0.717) is 22.9 Å².